The zero-order chi connectivity index (χ0) is 15.7. The molecule has 1 N–H and O–H groups in total. The number of carbonyl (C=O) groups excluding carboxylic acids is 1. The molecule has 114 valence electrons. The number of benzene rings is 2. The van der Waals surface area contributed by atoms with Crippen molar-refractivity contribution in [2.24, 2.45) is 0 Å². The molecule has 0 spiro atoms. The molecule has 3 rings (SSSR count). The fourth-order valence-electron chi connectivity index (χ4n) is 2.43. The Morgan fingerprint density at radius 3 is 2.50 bits per heavy atom. The zero-order valence-corrected chi connectivity index (χ0v) is 12.3. The van der Waals surface area contributed by atoms with Crippen molar-refractivity contribution in [2.45, 2.75) is 12.2 Å². The first kappa shape index (κ1) is 14.4. The summed E-state index contributed by atoms with van der Waals surface area (Å²) in [6.07, 6.45) is -0.904. The molecule has 1 saturated heterocycles. The Kier molecular flexibility index (Phi) is 3.73. The van der Waals surface area contributed by atoms with E-state index in [1.54, 1.807) is 44.6 Å². The number of ether oxygens (including phenoxy) is 3. The van der Waals surface area contributed by atoms with Gasteiger partial charge in [0.1, 0.15) is 11.9 Å². The second-order valence-corrected chi connectivity index (χ2v) is 4.97. The highest BCUT2D eigenvalue weighted by molar-refractivity contribution is 6.03. The topological polar surface area (TPSA) is 68.3 Å². The van der Waals surface area contributed by atoms with Crippen molar-refractivity contribution in [1.29, 1.82) is 0 Å². The van der Waals surface area contributed by atoms with Crippen molar-refractivity contribution in [3.05, 3.63) is 53.6 Å². The minimum Gasteiger partial charge on any atom is -0.507 e. The highest BCUT2D eigenvalue weighted by atomic mass is 16.6. The lowest BCUT2D eigenvalue weighted by atomic mass is 10.0. The van der Waals surface area contributed by atoms with Gasteiger partial charge in [-0.25, -0.2) is 0 Å². The Morgan fingerprint density at radius 2 is 1.82 bits per heavy atom. The number of phenolic OH excluding ortho intramolecular Hbond substituents is 1. The van der Waals surface area contributed by atoms with Crippen molar-refractivity contribution < 1.29 is 24.1 Å². The van der Waals surface area contributed by atoms with Gasteiger partial charge in [-0.3, -0.25) is 4.79 Å². The van der Waals surface area contributed by atoms with Gasteiger partial charge in [0.15, 0.2) is 23.4 Å². The van der Waals surface area contributed by atoms with Gasteiger partial charge >= 0.3 is 0 Å². The van der Waals surface area contributed by atoms with E-state index in [1.807, 2.05) is 6.07 Å². The first-order valence-corrected chi connectivity index (χ1v) is 6.85. The number of hydrogen-bond donors (Lipinski definition) is 1. The van der Waals surface area contributed by atoms with Crippen LogP contribution in [0.5, 0.6) is 17.2 Å². The molecule has 2 atom stereocenters. The molecular weight excluding hydrogens is 284 g/mol. The Morgan fingerprint density at radius 1 is 1.09 bits per heavy atom. The summed E-state index contributed by atoms with van der Waals surface area (Å²) >= 11 is 0. The molecule has 1 aliphatic rings. The second-order valence-electron chi connectivity index (χ2n) is 4.97. The zero-order valence-electron chi connectivity index (χ0n) is 12.3. The second kappa shape index (κ2) is 5.69. The van der Waals surface area contributed by atoms with Crippen LogP contribution in [0.25, 0.3) is 0 Å². The molecule has 0 aliphatic carbocycles. The molecule has 0 amide bonds. The Labute approximate surface area is 128 Å². The molecule has 0 radical (unpaired) electrons. The quantitative estimate of drug-likeness (QED) is 0.679. The number of Topliss-reactive ketones (excluding diaryl/α,β-unsaturated/α-hetero) is 1. The third kappa shape index (κ3) is 2.51. The maximum atomic E-state index is 12.3. The Bertz CT molecular complexity index is 710. The molecule has 22 heavy (non-hydrogen) atoms. The van der Waals surface area contributed by atoms with Crippen LogP contribution in [-0.2, 0) is 4.74 Å². The van der Waals surface area contributed by atoms with E-state index in [1.165, 1.54) is 6.07 Å². The van der Waals surface area contributed by atoms with Gasteiger partial charge in [0, 0.05) is 0 Å². The normalized spacial score (nSPS) is 19.5. The van der Waals surface area contributed by atoms with Crippen LogP contribution in [0, 0.1) is 0 Å². The van der Waals surface area contributed by atoms with Crippen LogP contribution in [-0.4, -0.2) is 31.2 Å². The molecule has 2 aromatic carbocycles. The van der Waals surface area contributed by atoms with Gasteiger partial charge in [-0.1, -0.05) is 18.2 Å². The SMILES string of the molecule is COc1ccc(C2OC2C(=O)c2ccccc2O)cc1OC. The summed E-state index contributed by atoms with van der Waals surface area (Å²) in [5, 5.41) is 9.75. The summed E-state index contributed by atoms with van der Waals surface area (Å²) in [6, 6.07) is 11.9. The van der Waals surface area contributed by atoms with E-state index in [0.717, 1.165) is 5.56 Å². The number of hydrogen-bond acceptors (Lipinski definition) is 5. The third-order valence-corrected chi connectivity index (χ3v) is 3.66. The largest absolute Gasteiger partial charge is 0.507 e. The maximum Gasteiger partial charge on any atom is 0.198 e. The van der Waals surface area contributed by atoms with Crippen LogP contribution in [0.4, 0.5) is 0 Å². The van der Waals surface area contributed by atoms with Gasteiger partial charge in [-0.2, -0.15) is 0 Å². The molecule has 1 fully saturated rings. The molecule has 1 heterocycles. The number of phenols is 1. The number of aromatic hydroxyl groups is 1. The van der Waals surface area contributed by atoms with Crippen LogP contribution in [0.15, 0.2) is 42.5 Å². The Hall–Kier alpha value is -2.53. The molecule has 5 nitrogen and oxygen atoms in total. The van der Waals surface area contributed by atoms with Gasteiger partial charge in [-0.05, 0) is 29.8 Å². The molecule has 2 aromatic rings. The summed E-state index contributed by atoms with van der Waals surface area (Å²) < 4.78 is 15.9. The van der Waals surface area contributed by atoms with Gasteiger partial charge in [-0.15, -0.1) is 0 Å². The lowest BCUT2D eigenvalue weighted by Crippen LogP contribution is -2.08. The molecular formula is C17H16O5. The standard InChI is InChI=1S/C17H16O5/c1-20-13-8-7-10(9-14(13)21-2)16-17(22-16)15(19)11-5-3-4-6-12(11)18/h3-9,16-18H,1-2H3. The third-order valence-electron chi connectivity index (χ3n) is 3.66. The average Bonchev–Trinajstić information content (AvgIpc) is 3.34. The fraction of sp³-hybridized carbons (Fsp3) is 0.235. The number of methoxy groups -OCH3 is 2. The van der Waals surface area contributed by atoms with Crippen LogP contribution in [0.1, 0.15) is 22.0 Å². The molecule has 0 saturated carbocycles. The monoisotopic (exact) mass is 300 g/mol. The predicted octanol–water partition coefficient (Wildman–Crippen LogP) is 2.73. The number of rotatable bonds is 5. The first-order chi connectivity index (χ1) is 10.7. The predicted molar refractivity (Wildman–Crippen MR) is 79.6 cm³/mol. The molecule has 0 aromatic heterocycles. The summed E-state index contributed by atoms with van der Waals surface area (Å²) in [4.78, 5) is 12.3. The van der Waals surface area contributed by atoms with Crippen molar-refractivity contribution in [3.63, 3.8) is 0 Å². The van der Waals surface area contributed by atoms with E-state index in [2.05, 4.69) is 0 Å². The summed E-state index contributed by atoms with van der Waals surface area (Å²) in [5.74, 6) is 0.951. The number of epoxide rings is 1. The van der Waals surface area contributed by atoms with E-state index >= 15 is 0 Å². The van der Waals surface area contributed by atoms with E-state index in [-0.39, 0.29) is 23.2 Å². The number of para-hydroxylation sites is 1. The van der Waals surface area contributed by atoms with Crippen molar-refractivity contribution >= 4 is 5.78 Å². The van der Waals surface area contributed by atoms with Crippen LogP contribution in [0.3, 0.4) is 0 Å². The fourth-order valence-corrected chi connectivity index (χ4v) is 2.43. The highest BCUT2D eigenvalue weighted by Gasteiger charge is 2.47. The summed E-state index contributed by atoms with van der Waals surface area (Å²) in [5.41, 5.74) is 1.11. The maximum absolute atomic E-state index is 12.3. The van der Waals surface area contributed by atoms with Crippen LogP contribution < -0.4 is 9.47 Å². The van der Waals surface area contributed by atoms with Crippen molar-refractivity contribution in [3.8, 4) is 17.2 Å². The van der Waals surface area contributed by atoms with Crippen LogP contribution >= 0.6 is 0 Å². The highest BCUT2D eigenvalue weighted by Crippen LogP contribution is 2.43. The molecule has 5 heteroatoms. The molecule has 2 unspecified atom stereocenters. The number of ketones is 1. The minimum atomic E-state index is -0.577. The smallest absolute Gasteiger partial charge is 0.198 e. The summed E-state index contributed by atoms with van der Waals surface area (Å²) in [6.45, 7) is 0. The first-order valence-electron chi connectivity index (χ1n) is 6.85. The van der Waals surface area contributed by atoms with Crippen molar-refractivity contribution in [1.82, 2.24) is 0 Å². The van der Waals surface area contributed by atoms with Crippen molar-refractivity contribution in [2.75, 3.05) is 14.2 Å². The van der Waals surface area contributed by atoms with Crippen LogP contribution in [0.2, 0.25) is 0 Å². The van der Waals surface area contributed by atoms with E-state index in [4.69, 9.17) is 14.2 Å². The lowest BCUT2D eigenvalue weighted by Gasteiger charge is -2.08. The van der Waals surface area contributed by atoms with Gasteiger partial charge < -0.3 is 19.3 Å². The summed E-state index contributed by atoms with van der Waals surface area (Å²) in [7, 11) is 3.12. The van der Waals surface area contributed by atoms with Gasteiger partial charge in [0.05, 0.1) is 19.8 Å². The molecule has 1 aliphatic heterocycles. The van der Waals surface area contributed by atoms with E-state index in [9.17, 15) is 9.90 Å². The Balaban J connectivity index is 1.80. The van der Waals surface area contributed by atoms with Gasteiger partial charge in [0.2, 0.25) is 0 Å². The van der Waals surface area contributed by atoms with E-state index in [0.29, 0.717) is 11.5 Å². The number of carbonyl (C=O) groups is 1. The van der Waals surface area contributed by atoms with E-state index < -0.39 is 6.10 Å². The molecule has 0 bridgehead atoms. The van der Waals surface area contributed by atoms with Gasteiger partial charge in [0.25, 0.3) is 0 Å². The minimum absolute atomic E-state index is 0.0333. The lowest BCUT2D eigenvalue weighted by molar-refractivity contribution is 0.0951. The average molecular weight is 300 g/mol.